The number of allylic oxidation sites excluding steroid dienone is 1. The van der Waals surface area contributed by atoms with Gasteiger partial charge in [0.05, 0.1) is 30.6 Å². The van der Waals surface area contributed by atoms with Gasteiger partial charge in [0, 0.05) is 44.1 Å². The Morgan fingerprint density at radius 2 is 1.96 bits per heavy atom. The average molecular weight is 705 g/mol. The predicted molar refractivity (Wildman–Crippen MR) is 175 cm³/mol. The fraction of sp³-hybridized carbons (Fsp3) is 0.588. The first-order chi connectivity index (χ1) is 22.1. The van der Waals surface area contributed by atoms with Crippen molar-refractivity contribution in [2.24, 2.45) is 11.8 Å². The second-order valence-corrected chi connectivity index (χ2v) is 13.5. The third-order valence-corrected chi connectivity index (χ3v) is 9.93. The van der Waals surface area contributed by atoms with E-state index in [1.807, 2.05) is 32.0 Å². The number of nitrogens with zero attached hydrogens (tertiary/aromatic N) is 2. The van der Waals surface area contributed by atoms with Crippen molar-refractivity contribution in [1.82, 2.24) is 15.1 Å². The molecule has 3 heterocycles. The summed E-state index contributed by atoms with van der Waals surface area (Å²) in [5, 5.41) is 12.6. The number of hydrogen-bond acceptors (Lipinski definition) is 8. The van der Waals surface area contributed by atoms with Crippen molar-refractivity contribution in [3.63, 3.8) is 0 Å². The van der Waals surface area contributed by atoms with Gasteiger partial charge in [-0.2, -0.15) is 0 Å². The Balaban J connectivity index is 1.71. The number of hydrogen-bond donors (Lipinski definition) is 2. The molecular weight excluding hydrogens is 658 g/mol. The molecule has 12 heteroatoms. The van der Waals surface area contributed by atoms with E-state index < -0.39 is 47.7 Å². The van der Waals surface area contributed by atoms with Crippen LogP contribution in [0.15, 0.2) is 55.6 Å². The largest absolute Gasteiger partial charge is 0.455 e. The summed E-state index contributed by atoms with van der Waals surface area (Å²) in [5.74, 6) is -3.56. The third-order valence-electron chi connectivity index (χ3n) is 9.09. The van der Waals surface area contributed by atoms with Gasteiger partial charge in [0.15, 0.2) is 0 Å². The van der Waals surface area contributed by atoms with E-state index in [0.717, 1.165) is 0 Å². The van der Waals surface area contributed by atoms with Crippen LogP contribution in [0, 0.1) is 11.8 Å². The number of esters is 1. The van der Waals surface area contributed by atoms with Crippen LogP contribution in [-0.2, 0) is 33.4 Å². The average Bonchev–Trinajstić information content (AvgIpc) is 3.63. The summed E-state index contributed by atoms with van der Waals surface area (Å²) < 4.78 is 18.3. The maximum atomic E-state index is 14.3. The molecule has 0 saturated carbocycles. The summed E-state index contributed by atoms with van der Waals surface area (Å²) in [4.78, 5) is 58.5. The van der Waals surface area contributed by atoms with Gasteiger partial charge in [0.1, 0.15) is 17.7 Å². The molecule has 1 unspecified atom stereocenters. The number of amides is 3. The Kier molecular flexibility index (Phi) is 12.2. The van der Waals surface area contributed by atoms with E-state index in [1.54, 1.807) is 29.2 Å². The van der Waals surface area contributed by atoms with E-state index in [0.29, 0.717) is 18.4 Å². The Morgan fingerprint density at radius 3 is 2.57 bits per heavy atom. The number of carbonyl (C=O) groups excluding carboxylic acids is 4. The maximum absolute atomic E-state index is 14.3. The van der Waals surface area contributed by atoms with E-state index in [1.165, 1.54) is 12.0 Å². The monoisotopic (exact) mass is 703 g/mol. The summed E-state index contributed by atoms with van der Waals surface area (Å²) in [6, 6.07) is 7.16. The number of alkyl halides is 1. The number of halogens is 1. The van der Waals surface area contributed by atoms with Gasteiger partial charge in [0.2, 0.25) is 17.7 Å². The number of benzene rings is 1. The van der Waals surface area contributed by atoms with Crippen LogP contribution in [0.5, 0.6) is 0 Å². The molecule has 46 heavy (non-hydrogen) atoms. The molecule has 2 bridgehead atoms. The molecule has 11 nitrogen and oxygen atoms in total. The van der Waals surface area contributed by atoms with E-state index in [9.17, 15) is 24.3 Å². The first kappa shape index (κ1) is 35.8. The van der Waals surface area contributed by atoms with Gasteiger partial charge in [0.25, 0.3) is 0 Å². The van der Waals surface area contributed by atoms with Crippen LogP contribution in [0.4, 0.5) is 0 Å². The van der Waals surface area contributed by atoms with Crippen LogP contribution in [-0.4, -0.2) is 107 Å². The molecule has 3 aliphatic heterocycles. The smallest absolute Gasteiger partial charge is 0.313 e. The van der Waals surface area contributed by atoms with Crippen molar-refractivity contribution >= 4 is 39.6 Å². The van der Waals surface area contributed by atoms with E-state index in [4.69, 9.17) is 14.2 Å². The molecule has 0 aromatic heterocycles. The van der Waals surface area contributed by atoms with Crippen molar-refractivity contribution in [3.05, 3.63) is 61.2 Å². The molecule has 252 valence electrons. The SMILES string of the molecule is C=CCCC(=O)N[C@@H](COC)[C@@H](OC(=O)[C@H]1[C@@H]2O[C@@]3(CC2Br)[C@@H]1C(=O)N(CCCO)[C@@H]3C(=O)N(CC=C)C(C)C)c1ccccc1. The number of rotatable bonds is 17. The Hall–Kier alpha value is -3.06. The minimum Gasteiger partial charge on any atom is -0.455 e. The van der Waals surface area contributed by atoms with E-state index in [2.05, 4.69) is 34.4 Å². The molecular formula is C34H46BrN3O8. The zero-order valence-electron chi connectivity index (χ0n) is 26.8. The molecule has 3 amide bonds. The molecule has 3 saturated heterocycles. The van der Waals surface area contributed by atoms with Gasteiger partial charge >= 0.3 is 5.97 Å². The standard InChI is InChI=1S/C34H46BrN3O8/c1-6-8-15-25(40)36-24(20-44-5)28(22-13-10-9-11-14-22)45-33(43)26-27-31(41)38(17-12-18-39)30(32(42)37(16-7-2)21(3)4)34(27)19-23(35)29(26)46-34/h6-7,9-11,13-14,21,23-24,26-30,39H,1-2,8,12,15-20H2,3-5H3,(H,36,40)/t23?,24-,26+,27-,28-,29+,30+,34-/m0/s1. The van der Waals surface area contributed by atoms with Gasteiger partial charge < -0.3 is 34.4 Å². The highest BCUT2D eigenvalue weighted by molar-refractivity contribution is 9.09. The lowest BCUT2D eigenvalue weighted by Gasteiger charge is -2.38. The minimum absolute atomic E-state index is 0.0600. The van der Waals surface area contributed by atoms with Gasteiger partial charge in [-0.1, -0.05) is 58.4 Å². The first-order valence-electron chi connectivity index (χ1n) is 15.8. The van der Waals surface area contributed by atoms with Gasteiger partial charge in [-0.25, -0.2) is 0 Å². The molecule has 3 fully saturated rings. The summed E-state index contributed by atoms with van der Waals surface area (Å²) in [7, 11) is 1.50. The lowest BCUT2D eigenvalue weighted by atomic mass is 9.70. The number of aliphatic hydroxyl groups excluding tert-OH is 1. The van der Waals surface area contributed by atoms with Gasteiger partial charge in [-0.3, -0.25) is 19.2 Å². The molecule has 8 atom stereocenters. The second kappa shape index (κ2) is 15.7. The van der Waals surface area contributed by atoms with Crippen LogP contribution in [0.2, 0.25) is 0 Å². The molecule has 1 spiro atoms. The Morgan fingerprint density at radius 1 is 1.24 bits per heavy atom. The van der Waals surface area contributed by atoms with Crippen molar-refractivity contribution in [2.75, 3.05) is 33.4 Å². The predicted octanol–water partition coefficient (Wildman–Crippen LogP) is 2.92. The third kappa shape index (κ3) is 6.95. The maximum Gasteiger partial charge on any atom is 0.313 e. The van der Waals surface area contributed by atoms with Crippen molar-refractivity contribution in [1.29, 1.82) is 0 Å². The number of aliphatic hydroxyl groups is 1. The fourth-order valence-electron chi connectivity index (χ4n) is 7.14. The fourth-order valence-corrected chi connectivity index (χ4v) is 8.08. The molecule has 0 radical (unpaired) electrons. The first-order valence-corrected chi connectivity index (χ1v) is 16.8. The van der Waals surface area contributed by atoms with Crippen molar-refractivity contribution in [3.8, 4) is 0 Å². The summed E-state index contributed by atoms with van der Waals surface area (Å²) in [6.45, 7) is 11.6. The summed E-state index contributed by atoms with van der Waals surface area (Å²) >= 11 is 3.69. The van der Waals surface area contributed by atoms with Crippen molar-refractivity contribution in [2.45, 2.75) is 80.3 Å². The highest BCUT2D eigenvalue weighted by Gasteiger charge is 2.77. The zero-order valence-corrected chi connectivity index (χ0v) is 28.4. The van der Waals surface area contributed by atoms with Crippen LogP contribution in [0.25, 0.3) is 0 Å². The highest BCUT2D eigenvalue weighted by atomic mass is 79.9. The normalized spacial score (nSPS) is 27.7. The summed E-state index contributed by atoms with van der Waals surface area (Å²) in [6.07, 6.45) is 2.93. The molecule has 1 aromatic carbocycles. The van der Waals surface area contributed by atoms with Crippen LogP contribution < -0.4 is 5.32 Å². The molecule has 3 aliphatic rings. The minimum atomic E-state index is -1.27. The van der Waals surface area contributed by atoms with Gasteiger partial charge in [-0.15, -0.1) is 13.2 Å². The Bertz CT molecular complexity index is 1280. The molecule has 4 rings (SSSR count). The van der Waals surface area contributed by atoms with Gasteiger partial charge in [-0.05, 0) is 38.7 Å². The zero-order chi connectivity index (χ0) is 33.6. The number of nitrogens with one attached hydrogen (secondary N) is 1. The van der Waals surface area contributed by atoms with E-state index >= 15 is 0 Å². The molecule has 0 aliphatic carbocycles. The number of methoxy groups -OCH3 is 1. The molecule has 2 N–H and O–H groups in total. The van der Waals surface area contributed by atoms with Crippen LogP contribution >= 0.6 is 15.9 Å². The number of ether oxygens (including phenoxy) is 3. The van der Waals surface area contributed by atoms with Crippen LogP contribution in [0.3, 0.4) is 0 Å². The van der Waals surface area contributed by atoms with Crippen molar-refractivity contribution < 1.29 is 38.5 Å². The lowest BCUT2D eigenvalue weighted by molar-refractivity contribution is -0.163. The topological polar surface area (TPSA) is 135 Å². The van der Waals surface area contributed by atoms with E-state index in [-0.39, 0.29) is 67.7 Å². The number of likely N-dealkylation sites (tertiary alicyclic amines) is 1. The Labute approximate surface area is 279 Å². The second-order valence-electron chi connectivity index (χ2n) is 12.4. The summed E-state index contributed by atoms with van der Waals surface area (Å²) in [5.41, 5.74) is -0.628. The quantitative estimate of drug-likeness (QED) is 0.144. The number of fused-ring (bicyclic) bond motifs is 1. The lowest BCUT2D eigenvalue weighted by Crippen LogP contribution is -2.58. The number of carbonyl (C=O) groups is 4. The molecule has 1 aromatic rings. The highest BCUT2D eigenvalue weighted by Crippen LogP contribution is 2.60. The van der Waals surface area contributed by atoms with Crippen LogP contribution in [0.1, 0.15) is 51.2 Å².